The summed E-state index contributed by atoms with van der Waals surface area (Å²) in [5.74, 6) is -4.36. The van der Waals surface area contributed by atoms with Gasteiger partial charge in [0.25, 0.3) is 0 Å². The molecule has 0 aromatic heterocycles. The van der Waals surface area contributed by atoms with Crippen LogP contribution in [0.4, 0.5) is 0 Å². The van der Waals surface area contributed by atoms with Crippen molar-refractivity contribution in [3.8, 4) is 0 Å². The van der Waals surface area contributed by atoms with Crippen LogP contribution in [0.2, 0.25) is 0 Å². The Bertz CT molecular complexity index is 1120. The number of Topliss-reactive ketones (excluding diaryl/α,β-unsaturated/α-hetero) is 3. The molecule has 0 radical (unpaired) electrons. The number of ketones is 3. The van der Waals surface area contributed by atoms with Crippen molar-refractivity contribution < 1.29 is 79.3 Å². The monoisotopic (exact) mass is 780 g/mol. The van der Waals surface area contributed by atoms with Gasteiger partial charge in [-0.2, -0.15) is 0 Å². The maximum atomic E-state index is 14.3. The van der Waals surface area contributed by atoms with Crippen LogP contribution in [0.15, 0.2) is 0 Å². The number of carbonyl (C=O) groups excluding carboxylic acids is 4. The number of unbranched alkanes of at least 4 members (excludes halogenated alkanes) is 10. The van der Waals surface area contributed by atoms with E-state index in [2.05, 4.69) is 0 Å². The summed E-state index contributed by atoms with van der Waals surface area (Å²) in [6.07, 6.45) is -15.2. The molecule has 2 unspecified atom stereocenters. The fraction of sp³-hybridized carbons (Fsp3) is 0.895. The van der Waals surface area contributed by atoms with Gasteiger partial charge in [-0.1, -0.05) is 91.9 Å². The average Bonchev–Trinajstić information content (AvgIpc) is 3.15. The molecule has 1 rings (SSSR count). The van der Waals surface area contributed by atoms with Crippen molar-refractivity contribution >= 4 is 23.3 Å². The molecule has 16 nitrogen and oxygen atoms in total. The minimum absolute atomic E-state index is 0.143. The minimum Gasteiger partial charge on any atom is -0.453 e. The van der Waals surface area contributed by atoms with Gasteiger partial charge in [-0.15, -0.1) is 0 Å². The van der Waals surface area contributed by atoms with Crippen LogP contribution in [-0.2, 0) is 33.4 Å². The lowest BCUT2D eigenvalue weighted by Crippen LogP contribution is -2.82. The van der Waals surface area contributed by atoms with Crippen molar-refractivity contribution in [2.24, 2.45) is 0 Å². The van der Waals surface area contributed by atoms with Crippen molar-refractivity contribution in [3.05, 3.63) is 0 Å². The summed E-state index contributed by atoms with van der Waals surface area (Å²) in [6.45, 7) is 6.51. The van der Waals surface area contributed by atoms with Crippen molar-refractivity contribution in [3.63, 3.8) is 0 Å². The number of hydrogen-bond acceptors (Lipinski definition) is 16. The molecule has 0 aliphatic carbocycles. The van der Waals surface area contributed by atoms with Gasteiger partial charge < -0.3 is 60.2 Å². The highest BCUT2D eigenvalue weighted by atomic mass is 16.8. The summed E-state index contributed by atoms with van der Waals surface area (Å²) in [6, 6.07) is 0. The lowest BCUT2D eigenvalue weighted by Gasteiger charge is -2.55. The number of aliphatic hydroxyl groups excluding tert-OH is 7. The molecule has 1 saturated heterocycles. The van der Waals surface area contributed by atoms with E-state index < -0.39 is 109 Å². The third-order valence-electron chi connectivity index (χ3n) is 10.0. The summed E-state index contributed by atoms with van der Waals surface area (Å²) < 4.78 is 16.9. The molecule has 0 aromatic rings. The van der Waals surface area contributed by atoms with Crippen LogP contribution >= 0.6 is 0 Å². The molecule has 0 saturated carbocycles. The van der Waals surface area contributed by atoms with Gasteiger partial charge >= 0.3 is 5.97 Å². The number of esters is 1. The third kappa shape index (κ3) is 13.3. The van der Waals surface area contributed by atoms with E-state index in [0.29, 0.717) is 57.8 Å². The Morgan fingerprint density at radius 2 is 1.07 bits per heavy atom. The minimum atomic E-state index is -3.46. The Kier molecular flexibility index (Phi) is 23.5. The van der Waals surface area contributed by atoms with Gasteiger partial charge in [0, 0.05) is 25.7 Å². The predicted octanol–water partition coefficient (Wildman–Crippen LogP) is 1.03. The molecule has 11 atom stereocenters. The Balaban J connectivity index is 3.98. The molecule has 0 amide bonds. The number of hydrogen-bond donors (Lipinski definition) is 9. The molecule has 0 aromatic carbocycles. The van der Waals surface area contributed by atoms with E-state index in [0.717, 1.165) is 19.3 Å². The first-order valence-electron chi connectivity index (χ1n) is 19.8. The zero-order chi connectivity index (χ0) is 41.1. The van der Waals surface area contributed by atoms with Crippen molar-refractivity contribution in [2.45, 2.75) is 210 Å². The molecular weight excluding hydrogens is 712 g/mol. The number of ether oxygens (including phenoxy) is 3. The quantitative estimate of drug-likeness (QED) is 0.0280. The molecule has 54 heavy (non-hydrogen) atoms. The van der Waals surface area contributed by atoms with Gasteiger partial charge in [0.15, 0.2) is 35.3 Å². The van der Waals surface area contributed by atoms with Crippen LogP contribution < -0.4 is 0 Å². The standard InChI is InChI=1S/C38H68O16/c1-5-9-13-14-18-22-28(44)52-34-36(54-35(49)32(48)31(47)29(45)25(41)23-39)53-33(30(46)24(40)19-15-10-6-2)37(50,26(42)20-16-11-7-3)38(34,51)27(43)21-17-12-8-4/h25,29-36,39,41,45-51H,5-23H2,1-4H3/t25-,29-,30?,31+,32-,33+,34+,35?,36-,37+,38+/m0/s1. The molecule has 0 spiro atoms. The largest absolute Gasteiger partial charge is 0.453 e. The summed E-state index contributed by atoms with van der Waals surface area (Å²) in [5.41, 5.74) is -6.88. The Morgan fingerprint density at radius 1 is 0.611 bits per heavy atom. The Hall–Kier alpha value is -1.96. The van der Waals surface area contributed by atoms with Crippen LogP contribution in [0.25, 0.3) is 0 Å². The molecule has 0 bridgehead atoms. The predicted molar refractivity (Wildman–Crippen MR) is 193 cm³/mol. The Labute approximate surface area is 318 Å². The SMILES string of the molecule is CCCCCCCC(=O)O[C@@H]1[C@H](OC(O)[C@@H](O)[C@H](O)[C@@H](O)[C@@H](O)CO)O[C@H](C(O)C(=O)CCCCC)[C@](O)(C(=O)CCCCC)[C@@]1(O)C(=O)CCCCC. The van der Waals surface area contributed by atoms with E-state index in [-0.39, 0.29) is 25.7 Å². The average molecular weight is 781 g/mol. The van der Waals surface area contributed by atoms with Crippen LogP contribution in [0.3, 0.4) is 0 Å². The lowest BCUT2D eigenvalue weighted by molar-refractivity contribution is -0.378. The van der Waals surface area contributed by atoms with E-state index in [1.165, 1.54) is 0 Å². The van der Waals surface area contributed by atoms with Crippen LogP contribution in [-0.4, -0.2) is 142 Å². The topological polar surface area (TPSA) is 278 Å². The summed E-state index contributed by atoms with van der Waals surface area (Å²) in [5, 5.41) is 97.9. The molecule has 9 N–H and O–H groups in total. The molecule has 16 heteroatoms. The molecule has 316 valence electrons. The van der Waals surface area contributed by atoms with Gasteiger partial charge in [0.1, 0.15) is 36.6 Å². The second-order valence-corrected chi connectivity index (χ2v) is 14.4. The molecule has 1 heterocycles. The zero-order valence-electron chi connectivity index (χ0n) is 32.5. The maximum absolute atomic E-state index is 14.3. The fourth-order valence-electron chi connectivity index (χ4n) is 6.55. The van der Waals surface area contributed by atoms with Crippen LogP contribution in [0.5, 0.6) is 0 Å². The number of aliphatic hydroxyl groups is 9. The van der Waals surface area contributed by atoms with Crippen LogP contribution in [0.1, 0.15) is 143 Å². The van der Waals surface area contributed by atoms with Crippen molar-refractivity contribution in [1.82, 2.24) is 0 Å². The van der Waals surface area contributed by atoms with E-state index >= 15 is 0 Å². The Morgan fingerprint density at radius 3 is 1.59 bits per heavy atom. The maximum Gasteiger partial charge on any atom is 0.306 e. The molecular formula is C38H68O16. The van der Waals surface area contributed by atoms with Crippen LogP contribution in [0, 0.1) is 0 Å². The van der Waals surface area contributed by atoms with Gasteiger partial charge in [0.2, 0.25) is 11.9 Å². The molecule has 1 aliphatic rings. The first-order valence-corrected chi connectivity index (χ1v) is 19.8. The molecule has 1 aliphatic heterocycles. The fourth-order valence-corrected chi connectivity index (χ4v) is 6.55. The first-order chi connectivity index (χ1) is 25.5. The smallest absolute Gasteiger partial charge is 0.306 e. The summed E-state index contributed by atoms with van der Waals surface area (Å²) >= 11 is 0. The van der Waals surface area contributed by atoms with Gasteiger partial charge in [0.05, 0.1) is 6.61 Å². The first kappa shape index (κ1) is 50.1. The normalized spacial score (nSPS) is 26.4. The summed E-state index contributed by atoms with van der Waals surface area (Å²) in [4.78, 5) is 55.3. The highest BCUT2D eigenvalue weighted by Crippen LogP contribution is 2.45. The number of carbonyl (C=O) groups is 4. The highest BCUT2D eigenvalue weighted by Gasteiger charge is 2.74. The van der Waals surface area contributed by atoms with E-state index in [4.69, 9.17) is 14.2 Å². The van der Waals surface area contributed by atoms with E-state index in [1.54, 1.807) is 0 Å². The molecule has 1 fully saturated rings. The van der Waals surface area contributed by atoms with Crippen molar-refractivity contribution in [2.75, 3.05) is 6.61 Å². The zero-order valence-corrected chi connectivity index (χ0v) is 32.5. The third-order valence-corrected chi connectivity index (χ3v) is 10.0. The van der Waals surface area contributed by atoms with E-state index in [9.17, 15) is 65.1 Å². The second-order valence-electron chi connectivity index (χ2n) is 14.4. The van der Waals surface area contributed by atoms with Gasteiger partial charge in [-0.3, -0.25) is 19.2 Å². The summed E-state index contributed by atoms with van der Waals surface area (Å²) in [7, 11) is 0. The van der Waals surface area contributed by atoms with Gasteiger partial charge in [-0.25, -0.2) is 0 Å². The number of rotatable bonds is 30. The van der Waals surface area contributed by atoms with E-state index in [1.807, 2.05) is 27.7 Å². The highest BCUT2D eigenvalue weighted by molar-refractivity contribution is 6.01. The van der Waals surface area contributed by atoms with Gasteiger partial charge in [-0.05, 0) is 25.7 Å². The van der Waals surface area contributed by atoms with Crippen molar-refractivity contribution in [1.29, 1.82) is 0 Å². The lowest BCUT2D eigenvalue weighted by atomic mass is 9.64. The second kappa shape index (κ2) is 25.3.